The standard InChI is InChI=1S/C18H32N4O.HI/c1-7-19-17(21-14-18(2,3)23-6)20-13-12-15-8-10-16(11-9-15)22(4)5;/h8-11H,7,12-14H2,1-6H3,(H2,19,20,21);1H. The van der Waals surface area contributed by atoms with Crippen molar-refractivity contribution < 1.29 is 4.74 Å². The van der Waals surface area contributed by atoms with Crippen LogP contribution in [0.3, 0.4) is 0 Å². The number of guanidine groups is 1. The van der Waals surface area contributed by atoms with Crippen molar-refractivity contribution in [3.63, 3.8) is 0 Å². The zero-order chi connectivity index (χ0) is 17.3. The van der Waals surface area contributed by atoms with E-state index in [0.717, 1.165) is 25.5 Å². The summed E-state index contributed by atoms with van der Waals surface area (Å²) in [5.41, 5.74) is 2.29. The molecule has 1 aromatic carbocycles. The fraction of sp³-hybridized carbons (Fsp3) is 0.611. The Kier molecular flexibility index (Phi) is 11.0. The van der Waals surface area contributed by atoms with Crippen LogP contribution in [0, 0.1) is 0 Å². The minimum atomic E-state index is -0.246. The van der Waals surface area contributed by atoms with Gasteiger partial charge < -0.3 is 20.3 Å². The summed E-state index contributed by atoms with van der Waals surface area (Å²) in [5.74, 6) is 0.836. The molecule has 1 aromatic rings. The molecule has 0 atom stereocenters. The van der Waals surface area contributed by atoms with Crippen molar-refractivity contribution in [2.24, 2.45) is 4.99 Å². The van der Waals surface area contributed by atoms with E-state index in [2.05, 4.69) is 65.8 Å². The first-order valence-electron chi connectivity index (χ1n) is 8.21. The molecule has 0 radical (unpaired) electrons. The first-order valence-corrected chi connectivity index (χ1v) is 8.21. The Morgan fingerprint density at radius 2 is 1.79 bits per heavy atom. The number of benzene rings is 1. The molecular formula is C18H33IN4O. The van der Waals surface area contributed by atoms with Gasteiger partial charge in [-0.05, 0) is 44.9 Å². The van der Waals surface area contributed by atoms with Crippen molar-refractivity contribution in [1.29, 1.82) is 0 Å². The van der Waals surface area contributed by atoms with Crippen molar-refractivity contribution in [2.75, 3.05) is 45.7 Å². The first-order chi connectivity index (χ1) is 10.9. The van der Waals surface area contributed by atoms with Gasteiger partial charge in [0.1, 0.15) is 0 Å². The minimum Gasteiger partial charge on any atom is -0.378 e. The number of rotatable bonds is 8. The zero-order valence-corrected chi connectivity index (χ0v) is 18.2. The minimum absolute atomic E-state index is 0. The SMILES string of the molecule is CCNC(=NCC(C)(C)OC)NCCc1ccc(N(C)C)cc1.I. The smallest absolute Gasteiger partial charge is 0.191 e. The highest BCUT2D eigenvalue weighted by atomic mass is 127. The van der Waals surface area contributed by atoms with Gasteiger partial charge in [-0.1, -0.05) is 12.1 Å². The molecule has 2 N–H and O–H groups in total. The van der Waals surface area contributed by atoms with E-state index in [4.69, 9.17) is 4.74 Å². The molecule has 0 bridgehead atoms. The predicted octanol–water partition coefficient (Wildman–Crippen LogP) is 2.89. The van der Waals surface area contributed by atoms with Crippen LogP contribution in [-0.4, -0.2) is 52.4 Å². The predicted molar refractivity (Wildman–Crippen MR) is 115 cm³/mol. The van der Waals surface area contributed by atoms with Crippen LogP contribution in [0.1, 0.15) is 26.3 Å². The highest BCUT2D eigenvalue weighted by molar-refractivity contribution is 14.0. The molecule has 1 rings (SSSR count). The van der Waals surface area contributed by atoms with Gasteiger partial charge in [-0.25, -0.2) is 0 Å². The second-order valence-corrected chi connectivity index (χ2v) is 6.40. The number of hydrogen-bond donors (Lipinski definition) is 2. The molecule has 0 amide bonds. The second-order valence-electron chi connectivity index (χ2n) is 6.40. The van der Waals surface area contributed by atoms with Gasteiger partial charge >= 0.3 is 0 Å². The topological polar surface area (TPSA) is 48.9 Å². The van der Waals surface area contributed by atoms with Crippen LogP contribution in [0.4, 0.5) is 5.69 Å². The van der Waals surface area contributed by atoms with Crippen molar-refractivity contribution >= 4 is 35.6 Å². The quantitative estimate of drug-likeness (QED) is 0.365. The molecule has 0 unspecified atom stereocenters. The van der Waals surface area contributed by atoms with Crippen LogP contribution < -0.4 is 15.5 Å². The van der Waals surface area contributed by atoms with E-state index in [1.165, 1.54) is 11.3 Å². The van der Waals surface area contributed by atoms with E-state index in [1.807, 2.05) is 13.8 Å². The van der Waals surface area contributed by atoms with Gasteiger partial charge in [0, 0.05) is 40.0 Å². The zero-order valence-electron chi connectivity index (χ0n) is 15.8. The average Bonchev–Trinajstić information content (AvgIpc) is 2.53. The van der Waals surface area contributed by atoms with Gasteiger partial charge in [0.25, 0.3) is 0 Å². The van der Waals surface area contributed by atoms with Gasteiger partial charge in [0.05, 0.1) is 12.1 Å². The Morgan fingerprint density at radius 1 is 1.17 bits per heavy atom. The van der Waals surface area contributed by atoms with Crippen molar-refractivity contribution in [1.82, 2.24) is 10.6 Å². The van der Waals surface area contributed by atoms with Gasteiger partial charge in [0.15, 0.2) is 5.96 Å². The van der Waals surface area contributed by atoms with E-state index >= 15 is 0 Å². The Hall–Kier alpha value is -1.02. The molecular weight excluding hydrogens is 415 g/mol. The lowest BCUT2D eigenvalue weighted by molar-refractivity contribution is 0.0310. The van der Waals surface area contributed by atoms with Crippen LogP contribution in [0.2, 0.25) is 0 Å². The summed E-state index contributed by atoms with van der Waals surface area (Å²) in [6.45, 7) is 8.45. The summed E-state index contributed by atoms with van der Waals surface area (Å²) in [5, 5.41) is 6.64. The van der Waals surface area contributed by atoms with Gasteiger partial charge in [-0.2, -0.15) is 0 Å². The number of ether oxygens (including phenoxy) is 1. The normalized spacial score (nSPS) is 11.7. The number of anilines is 1. The Balaban J connectivity index is 0.00000529. The molecule has 0 saturated heterocycles. The van der Waals surface area contributed by atoms with Crippen molar-refractivity contribution in [3.05, 3.63) is 29.8 Å². The molecule has 0 aliphatic rings. The molecule has 0 aliphatic heterocycles. The Bertz CT molecular complexity index is 486. The number of halogens is 1. The Morgan fingerprint density at radius 3 is 2.29 bits per heavy atom. The summed E-state index contributed by atoms with van der Waals surface area (Å²) in [6.07, 6.45) is 0.964. The third-order valence-electron chi connectivity index (χ3n) is 3.67. The molecule has 0 fully saturated rings. The maximum Gasteiger partial charge on any atom is 0.191 e. The van der Waals surface area contributed by atoms with Crippen LogP contribution in [-0.2, 0) is 11.2 Å². The molecule has 0 aliphatic carbocycles. The Labute approximate surface area is 164 Å². The van der Waals surface area contributed by atoms with E-state index in [1.54, 1.807) is 7.11 Å². The highest BCUT2D eigenvalue weighted by Gasteiger charge is 2.15. The molecule has 5 nitrogen and oxygen atoms in total. The third-order valence-corrected chi connectivity index (χ3v) is 3.67. The summed E-state index contributed by atoms with van der Waals surface area (Å²) < 4.78 is 5.40. The summed E-state index contributed by atoms with van der Waals surface area (Å²) >= 11 is 0. The van der Waals surface area contributed by atoms with E-state index < -0.39 is 0 Å². The number of nitrogens with zero attached hydrogens (tertiary/aromatic N) is 2. The summed E-state index contributed by atoms with van der Waals surface area (Å²) in [6, 6.07) is 8.65. The largest absolute Gasteiger partial charge is 0.378 e. The lowest BCUT2D eigenvalue weighted by Crippen LogP contribution is -2.40. The molecule has 0 spiro atoms. The van der Waals surface area contributed by atoms with Crippen LogP contribution in [0.25, 0.3) is 0 Å². The van der Waals surface area contributed by atoms with E-state index in [0.29, 0.717) is 6.54 Å². The van der Waals surface area contributed by atoms with Gasteiger partial charge in [-0.3, -0.25) is 4.99 Å². The fourth-order valence-corrected chi connectivity index (χ4v) is 1.96. The monoisotopic (exact) mass is 448 g/mol. The number of hydrogen-bond acceptors (Lipinski definition) is 3. The summed E-state index contributed by atoms with van der Waals surface area (Å²) in [4.78, 5) is 6.69. The number of nitrogens with one attached hydrogen (secondary N) is 2. The number of methoxy groups -OCH3 is 1. The van der Waals surface area contributed by atoms with Crippen molar-refractivity contribution in [3.8, 4) is 0 Å². The van der Waals surface area contributed by atoms with Crippen LogP contribution in [0.15, 0.2) is 29.3 Å². The van der Waals surface area contributed by atoms with Crippen molar-refractivity contribution in [2.45, 2.75) is 32.8 Å². The van der Waals surface area contributed by atoms with Crippen LogP contribution in [0.5, 0.6) is 0 Å². The molecule has 138 valence electrons. The summed E-state index contributed by atoms with van der Waals surface area (Å²) in [7, 11) is 5.82. The van der Waals surface area contributed by atoms with Gasteiger partial charge in [-0.15, -0.1) is 24.0 Å². The van der Waals surface area contributed by atoms with Gasteiger partial charge in [0.2, 0.25) is 0 Å². The third kappa shape index (κ3) is 8.73. The average molecular weight is 448 g/mol. The lowest BCUT2D eigenvalue weighted by Gasteiger charge is -2.21. The lowest BCUT2D eigenvalue weighted by atomic mass is 10.1. The molecule has 0 heterocycles. The maximum absolute atomic E-state index is 5.40. The number of aliphatic imine (C=N–C) groups is 1. The maximum atomic E-state index is 5.40. The molecule has 0 saturated carbocycles. The molecule has 0 aromatic heterocycles. The van der Waals surface area contributed by atoms with Crippen LogP contribution >= 0.6 is 24.0 Å². The van der Waals surface area contributed by atoms with E-state index in [9.17, 15) is 0 Å². The molecule has 6 heteroatoms. The molecule has 24 heavy (non-hydrogen) atoms. The highest BCUT2D eigenvalue weighted by Crippen LogP contribution is 2.12. The first kappa shape index (κ1) is 23.0. The second kappa shape index (κ2) is 11.5. The van der Waals surface area contributed by atoms with E-state index in [-0.39, 0.29) is 29.6 Å². The fourth-order valence-electron chi connectivity index (χ4n) is 1.96.